The highest BCUT2D eigenvalue weighted by atomic mass is 31.2. The van der Waals surface area contributed by atoms with Gasteiger partial charge in [0.2, 0.25) is 0 Å². The molecule has 0 spiro atoms. The molecular formula is C19H29N5OP+. The van der Waals surface area contributed by atoms with Crippen LogP contribution in [0.2, 0.25) is 0 Å². The molecule has 1 aromatic heterocycles. The predicted octanol–water partition coefficient (Wildman–Crippen LogP) is 3.76. The summed E-state index contributed by atoms with van der Waals surface area (Å²) < 4.78 is 12.5. The lowest BCUT2D eigenvalue weighted by molar-refractivity contribution is 0.196. The molecule has 0 amide bonds. The largest absolute Gasteiger partial charge is 0.373 e. The molecule has 0 radical (unpaired) electrons. The predicted molar refractivity (Wildman–Crippen MR) is 105 cm³/mol. The van der Waals surface area contributed by atoms with Gasteiger partial charge in [0.1, 0.15) is 16.7 Å². The van der Waals surface area contributed by atoms with Gasteiger partial charge in [-0.25, -0.2) is 4.62 Å². The summed E-state index contributed by atoms with van der Waals surface area (Å²) in [5.41, 5.74) is 2.56. The van der Waals surface area contributed by atoms with Crippen molar-refractivity contribution in [2.24, 2.45) is 0 Å². The summed E-state index contributed by atoms with van der Waals surface area (Å²) in [6.45, 7) is 4.70. The van der Waals surface area contributed by atoms with Crippen LogP contribution in [0.3, 0.4) is 0 Å². The van der Waals surface area contributed by atoms with E-state index in [-0.39, 0.29) is 0 Å². The fraction of sp³-hybridized carbons (Fsp3) is 0.684. The molecule has 0 unspecified atom stereocenters. The van der Waals surface area contributed by atoms with Crippen molar-refractivity contribution in [1.29, 1.82) is 0 Å². The lowest BCUT2D eigenvalue weighted by Crippen LogP contribution is -2.44. The number of para-hydroxylation sites is 1. The van der Waals surface area contributed by atoms with Gasteiger partial charge in [0.05, 0.1) is 0 Å². The van der Waals surface area contributed by atoms with Gasteiger partial charge in [0, 0.05) is 26.2 Å². The molecular weight excluding hydrogens is 345 g/mol. The van der Waals surface area contributed by atoms with Gasteiger partial charge in [-0.3, -0.25) is 0 Å². The molecule has 1 aromatic carbocycles. The van der Waals surface area contributed by atoms with Gasteiger partial charge in [-0.05, 0) is 73.6 Å². The molecule has 6 nitrogen and oxygen atoms in total. The van der Waals surface area contributed by atoms with Gasteiger partial charge < -0.3 is 0 Å². The van der Waals surface area contributed by atoms with Crippen LogP contribution in [0.4, 0.5) is 0 Å². The molecule has 1 saturated carbocycles. The third-order valence-electron chi connectivity index (χ3n) is 6.29. The zero-order valence-electron chi connectivity index (χ0n) is 15.5. The zero-order chi connectivity index (χ0) is 17.4. The fourth-order valence-corrected chi connectivity index (χ4v) is 9.77. The van der Waals surface area contributed by atoms with Crippen molar-refractivity contribution in [3.05, 3.63) is 24.3 Å². The lowest BCUT2D eigenvalue weighted by atomic mass is 10.3. The first-order valence-electron chi connectivity index (χ1n) is 10.3. The minimum atomic E-state index is -1.91. The summed E-state index contributed by atoms with van der Waals surface area (Å²) in [7, 11) is -1.91. The second kappa shape index (κ2) is 7.06. The number of rotatable bonds is 5. The van der Waals surface area contributed by atoms with Gasteiger partial charge in [0.25, 0.3) is 0 Å². The molecule has 2 aromatic rings. The van der Waals surface area contributed by atoms with Gasteiger partial charge in [-0.15, -0.1) is 14.4 Å². The van der Waals surface area contributed by atoms with Crippen LogP contribution < -0.4 is 4.62 Å². The maximum absolute atomic E-state index is 7.01. The SMILES string of the molecule is c1ccc2c(c1)nnn2O[P+](C1CCCC1)(N1CCCC1)N1CCCC1. The Morgan fingerprint density at radius 1 is 0.846 bits per heavy atom. The van der Waals surface area contributed by atoms with Crippen molar-refractivity contribution in [2.75, 3.05) is 26.2 Å². The molecule has 0 atom stereocenters. The quantitative estimate of drug-likeness (QED) is 0.746. The van der Waals surface area contributed by atoms with Crippen LogP contribution in [0.25, 0.3) is 11.0 Å². The Balaban J connectivity index is 1.59. The van der Waals surface area contributed by atoms with Crippen LogP contribution in [0.1, 0.15) is 51.4 Å². The Bertz CT molecular complexity index is 706. The van der Waals surface area contributed by atoms with Crippen LogP contribution >= 0.6 is 7.79 Å². The molecule has 0 N–H and O–H groups in total. The number of fused-ring (bicyclic) bond motifs is 1. The van der Waals surface area contributed by atoms with Crippen LogP contribution in [0.5, 0.6) is 0 Å². The van der Waals surface area contributed by atoms with E-state index in [4.69, 9.17) is 4.62 Å². The number of hydrogen-bond acceptors (Lipinski definition) is 5. The summed E-state index contributed by atoms with van der Waals surface area (Å²) in [6.07, 6.45) is 10.5. The van der Waals surface area contributed by atoms with E-state index < -0.39 is 7.79 Å². The topological polar surface area (TPSA) is 46.4 Å². The monoisotopic (exact) mass is 374 g/mol. The summed E-state index contributed by atoms with van der Waals surface area (Å²) in [5, 5.41) is 8.76. The molecule has 3 fully saturated rings. The van der Waals surface area contributed by atoms with E-state index >= 15 is 0 Å². The van der Waals surface area contributed by atoms with Gasteiger partial charge in [0.15, 0.2) is 0 Å². The summed E-state index contributed by atoms with van der Waals surface area (Å²) in [6, 6.07) is 8.16. The van der Waals surface area contributed by atoms with E-state index in [1.54, 1.807) is 4.85 Å². The highest BCUT2D eigenvalue weighted by molar-refractivity contribution is 7.67. The number of benzene rings is 1. The summed E-state index contributed by atoms with van der Waals surface area (Å²) in [5.74, 6) is 0. The first-order chi connectivity index (χ1) is 12.9. The van der Waals surface area contributed by atoms with E-state index in [0.29, 0.717) is 5.66 Å². The maximum atomic E-state index is 7.01. The molecule has 1 aliphatic carbocycles. The average Bonchev–Trinajstić information content (AvgIpc) is 3.49. The molecule has 5 rings (SSSR count). The Morgan fingerprint density at radius 2 is 1.46 bits per heavy atom. The van der Waals surface area contributed by atoms with Gasteiger partial charge >= 0.3 is 7.79 Å². The van der Waals surface area contributed by atoms with E-state index in [9.17, 15) is 0 Å². The van der Waals surface area contributed by atoms with Gasteiger partial charge in [-0.1, -0.05) is 12.1 Å². The van der Waals surface area contributed by atoms with Crippen molar-refractivity contribution in [3.8, 4) is 0 Å². The normalized spacial score (nSPS) is 23.4. The van der Waals surface area contributed by atoms with Crippen LogP contribution in [-0.2, 0) is 0 Å². The van der Waals surface area contributed by atoms with Crippen molar-refractivity contribution in [3.63, 3.8) is 0 Å². The second-order valence-electron chi connectivity index (χ2n) is 7.88. The van der Waals surface area contributed by atoms with Crippen LogP contribution in [0.15, 0.2) is 24.3 Å². The maximum Gasteiger partial charge on any atom is 0.373 e. The van der Waals surface area contributed by atoms with E-state index in [1.807, 2.05) is 18.2 Å². The smallest absolute Gasteiger partial charge is 0.204 e. The molecule has 2 aliphatic heterocycles. The highest BCUT2D eigenvalue weighted by Crippen LogP contribution is 2.71. The van der Waals surface area contributed by atoms with Crippen molar-refractivity contribution >= 4 is 18.8 Å². The fourth-order valence-electron chi connectivity index (χ4n) is 5.05. The second-order valence-corrected chi connectivity index (χ2v) is 11.1. The Hall–Kier alpha value is -1.23. The van der Waals surface area contributed by atoms with E-state index in [1.165, 1.54) is 77.5 Å². The Kier molecular flexibility index (Phi) is 4.59. The lowest BCUT2D eigenvalue weighted by Gasteiger charge is -2.39. The number of aromatic nitrogens is 3. The molecule has 7 heteroatoms. The number of nitrogens with zero attached hydrogens (tertiary/aromatic N) is 5. The Morgan fingerprint density at radius 3 is 2.12 bits per heavy atom. The third kappa shape index (κ3) is 2.74. The first kappa shape index (κ1) is 16.9. The van der Waals surface area contributed by atoms with Crippen molar-refractivity contribution in [1.82, 2.24) is 24.5 Å². The van der Waals surface area contributed by atoms with Crippen molar-refractivity contribution in [2.45, 2.75) is 57.0 Å². The highest BCUT2D eigenvalue weighted by Gasteiger charge is 2.63. The first-order valence-corrected chi connectivity index (χ1v) is 12.0. The minimum Gasteiger partial charge on any atom is -0.204 e. The van der Waals surface area contributed by atoms with Crippen LogP contribution in [-0.4, -0.2) is 56.3 Å². The molecule has 26 heavy (non-hydrogen) atoms. The molecule has 3 aliphatic rings. The Labute approximate surface area is 156 Å². The van der Waals surface area contributed by atoms with Gasteiger partial charge in [-0.2, -0.15) is 0 Å². The molecule has 3 heterocycles. The minimum absolute atomic E-state index is 0.654. The molecule has 0 bridgehead atoms. The third-order valence-corrected chi connectivity index (χ3v) is 10.6. The number of hydrogen-bond donors (Lipinski definition) is 0. The van der Waals surface area contributed by atoms with Crippen molar-refractivity contribution < 1.29 is 4.62 Å². The van der Waals surface area contributed by atoms with Crippen LogP contribution in [0, 0.1) is 0 Å². The van der Waals surface area contributed by atoms with E-state index in [0.717, 1.165) is 11.0 Å². The average molecular weight is 374 g/mol. The summed E-state index contributed by atoms with van der Waals surface area (Å²) >= 11 is 0. The van der Waals surface area contributed by atoms with E-state index in [2.05, 4.69) is 25.7 Å². The molecule has 2 saturated heterocycles. The summed E-state index contributed by atoms with van der Waals surface area (Å²) in [4.78, 5) is 1.76. The zero-order valence-corrected chi connectivity index (χ0v) is 16.4. The standard InChI is InChI=1S/C19H29N5OP/c1-2-10-17(9-1)26(22-13-5-6-14-22,23-15-7-8-16-23)25-24-19-12-4-3-11-18(19)20-21-24/h3-4,11-12,17H,1-2,5-10,13-16H2/q+1. The molecule has 140 valence electrons.